The SMILES string of the molecule is CNC(c1cncc(F)c1)c1nccc2ccccc12. The van der Waals surface area contributed by atoms with E-state index in [1.165, 1.54) is 12.3 Å². The monoisotopic (exact) mass is 267 g/mol. The molecule has 0 bridgehead atoms. The van der Waals surface area contributed by atoms with Gasteiger partial charge in [0, 0.05) is 17.8 Å². The summed E-state index contributed by atoms with van der Waals surface area (Å²) >= 11 is 0. The molecule has 20 heavy (non-hydrogen) atoms. The van der Waals surface area contributed by atoms with Crippen LogP contribution in [0.25, 0.3) is 10.8 Å². The molecule has 1 atom stereocenters. The number of halogens is 1. The van der Waals surface area contributed by atoms with Crippen LogP contribution in [0, 0.1) is 5.82 Å². The van der Waals surface area contributed by atoms with Gasteiger partial charge in [0.2, 0.25) is 0 Å². The second-order valence-electron chi connectivity index (χ2n) is 4.58. The van der Waals surface area contributed by atoms with Crippen molar-refractivity contribution in [2.24, 2.45) is 0 Å². The number of hydrogen-bond donors (Lipinski definition) is 1. The molecule has 2 heterocycles. The lowest BCUT2D eigenvalue weighted by atomic mass is 10.00. The van der Waals surface area contributed by atoms with Crippen molar-refractivity contribution in [3.63, 3.8) is 0 Å². The quantitative estimate of drug-likeness (QED) is 0.792. The third-order valence-electron chi connectivity index (χ3n) is 3.33. The first-order valence-electron chi connectivity index (χ1n) is 6.41. The summed E-state index contributed by atoms with van der Waals surface area (Å²) in [6, 6.07) is 11.3. The standard InChI is InChI=1S/C16H14FN3/c1-18-15(12-8-13(17)10-19-9-12)16-14-5-3-2-4-11(14)6-7-20-16/h2-10,15,18H,1H3. The van der Waals surface area contributed by atoms with Crippen molar-refractivity contribution in [2.75, 3.05) is 7.05 Å². The van der Waals surface area contributed by atoms with Crippen LogP contribution in [0.1, 0.15) is 17.3 Å². The number of hydrogen-bond acceptors (Lipinski definition) is 3. The molecular formula is C16H14FN3. The zero-order chi connectivity index (χ0) is 13.9. The molecule has 0 aliphatic rings. The van der Waals surface area contributed by atoms with Gasteiger partial charge in [0.25, 0.3) is 0 Å². The molecule has 0 aliphatic heterocycles. The average Bonchev–Trinajstić information content (AvgIpc) is 2.48. The van der Waals surface area contributed by atoms with E-state index in [1.807, 2.05) is 37.4 Å². The predicted molar refractivity (Wildman–Crippen MR) is 76.8 cm³/mol. The number of nitrogens with one attached hydrogen (secondary N) is 1. The van der Waals surface area contributed by atoms with Gasteiger partial charge in [0.15, 0.2) is 0 Å². The maximum Gasteiger partial charge on any atom is 0.141 e. The Kier molecular flexibility index (Phi) is 3.39. The summed E-state index contributed by atoms with van der Waals surface area (Å²) in [5.74, 6) is -0.344. The van der Waals surface area contributed by atoms with Gasteiger partial charge in [0.1, 0.15) is 5.82 Å². The summed E-state index contributed by atoms with van der Waals surface area (Å²) in [6.07, 6.45) is 4.63. The highest BCUT2D eigenvalue weighted by Gasteiger charge is 2.17. The lowest BCUT2D eigenvalue weighted by Crippen LogP contribution is -2.19. The van der Waals surface area contributed by atoms with Crippen molar-refractivity contribution >= 4 is 10.8 Å². The van der Waals surface area contributed by atoms with Crippen molar-refractivity contribution in [1.29, 1.82) is 0 Å². The van der Waals surface area contributed by atoms with Crippen molar-refractivity contribution in [1.82, 2.24) is 15.3 Å². The number of fused-ring (bicyclic) bond motifs is 1. The van der Waals surface area contributed by atoms with Gasteiger partial charge in [-0.25, -0.2) is 4.39 Å². The Morgan fingerprint density at radius 3 is 2.80 bits per heavy atom. The zero-order valence-electron chi connectivity index (χ0n) is 11.0. The maximum atomic E-state index is 13.4. The normalized spacial score (nSPS) is 12.5. The summed E-state index contributed by atoms with van der Waals surface area (Å²) in [7, 11) is 1.83. The van der Waals surface area contributed by atoms with Gasteiger partial charge >= 0.3 is 0 Å². The summed E-state index contributed by atoms with van der Waals surface area (Å²) < 4.78 is 13.4. The van der Waals surface area contributed by atoms with E-state index in [0.717, 1.165) is 22.0 Å². The number of aromatic nitrogens is 2. The van der Waals surface area contributed by atoms with E-state index in [9.17, 15) is 4.39 Å². The maximum absolute atomic E-state index is 13.4. The summed E-state index contributed by atoms with van der Waals surface area (Å²) in [6.45, 7) is 0. The van der Waals surface area contributed by atoms with Gasteiger partial charge in [-0.15, -0.1) is 0 Å². The molecule has 0 aliphatic carbocycles. The summed E-state index contributed by atoms with van der Waals surface area (Å²) in [5, 5.41) is 5.35. The second-order valence-corrected chi connectivity index (χ2v) is 4.58. The Hall–Kier alpha value is -2.33. The molecule has 0 spiro atoms. The molecule has 2 aromatic heterocycles. The van der Waals surface area contributed by atoms with Crippen molar-refractivity contribution in [3.05, 3.63) is 72.1 Å². The fourth-order valence-corrected chi connectivity index (χ4v) is 2.42. The first-order chi connectivity index (χ1) is 9.79. The van der Waals surface area contributed by atoms with Crippen LogP contribution in [0.3, 0.4) is 0 Å². The van der Waals surface area contributed by atoms with E-state index >= 15 is 0 Å². The van der Waals surface area contributed by atoms with Crippen LogP contribution >= 0.6 is 0 Å². The van der Waals surface area contributed by atoms with Gasteiger partial charge in [-0.05, 0) is 30.1 Å². The average molecular weight is 267 g/mol. The van der Waals surface area contributed by atoms with E-state index in [0.29, 0.717) is 0 Å². The molecule has 3 rings (SSSR count). The fraction of sp³-hybridized carbons (Fsp3) is 0.125. The van der Waals surface area contributed by atoms with Crippen LogP contribution in [-0.4, -0.2) is 17.0 Å². The third-order valence-corrected chi connectivity index (χ3v) is 3.33. The molecule has 0 fully saturated rings. The Morgan fingerprint density at radius 1 is 1.15 bits per heavy atom. The molecule has 0 radical (unpaired) electrons. The van der Waals surface area contributed by atoms with Crippen LogP contribution < -0.4 is 5.32 Å². The van der Waals surface area contributed by atoms with Crippen molar-refractivity contribution in [2.45, 2.75) is 6.04 Å². The number of pyridine rings is 2. The molecular weight excluding hydrogens is 253 g/mol. The summed E-state index contributed by atoms with van der Waals surface area (Å²) in [4.78, 5) is 8.39. The Morgan fingerprint density at radius 2 is 2.00 bits per heavy atom. The molecule has 0 amide bonds. The van der Waals surface area contributed by atoms with E-state index in [1.54, 1.807) is 12.4 Å². The Labute approximate surface area is 116 Å². The van der Waals surface area contributed by atoms with E-state index in [2.05, 4.69) is 15.3 Å². The zero-order valence-corrected chi connectivity index (χ0v) is 11.0. The number of nitrogens with zero attached hydrogens (tertiary/aromatic N) is 2. The van der Waals surface area contributed by atoms with Crippen LogP contribution in [0.5, 0.6) is 0 Å². The Balaban J connectivity index is 2.17. The number of rotatable bonds is 3. The Bertz CT molecular complexity index is 737. The molecule has 1 aromatic carbocycles. The van der Waals surface area contributed by atoms with Crippen LogP contribution in [0.2, 0.25) is 0 Å². The van der Waals surface area contributed by atoms with E-state index in [-0.39, 0.29) is 11.9 Å². The largest absolute Gasteiger partial charge is 0.308 e. The minimum Gasteiger partial charge on any atom is -0.308 e. The minimum atomic E-state index is -0.344. The number of benzene rings is 1. The van der Waals surface area contributed by atoms with Gasteiger partial charge in [0.05, 0.1) is 17.9 Å². The van der Waals surface area contributed by atoms with Crippen LogP contribution in [0.15, 0.2) is 55.0 Å². The molecule has 0 saturated heterocycles. The van der Waals surface area contributed by atoms with Crippen molar-refractivity contribution < 1.29 is 4.39 Å². The third kappa shape index (κ3) is 2.26. The second kappa shape index (κ2) is 5.35. The molecule has 3 nitrogen and oxygen atoms in total. The molecule has 0 saturated carbocycles. The lowest BCUT2D eigenvalue weighted by molar-refractivity contribution is 0.607. The molecule has 100 valence electrons. The van der Waals surface area contributed by atoms with Gasteiger partial charge in [-0.1, -0.05) is 24.3 Å². The van der Waals surface area contributed by atoms with Gasteiger partial charge in [-0.3, -0.25) is 9.97 Å². The molecule has 1 unspecified atom stereocenters. The highest BCUT2D eigenvalue weighted by molar-refractivity contribution is 5.85. The smallest absolute Gasteiger partial charge is 0.141 e. The highest BCUT2D eigenvalue weighted by atomic mass is 19.1. The summed E-state index contributed by atoms with van der Waals surface area (Å²) in [5.41, 5.74) is 1.63. The van der Waals surface area contributed by atoms with Crippen LogP contribution in [-0.2, 0) is 0 Å². The topological polar surface area (TPSA) is 37.8 Å². The lowest BCUT2D eigenvalue weighted by Gasteiger charge is -2.17. The fourth-order valence-electron chi connectivity index (χ4n) is 2.42. The van der Waals surface area contributed by atoms with Crippen LogP contribution in [0.4, 0.5) is 4.39 Å². The van der Waals surface area contributed by atoms with E-state index < -0.39 is 0 Å². The molecule has 4 heteroatoms. The van der Waals surface area contributed by atoms with E-state index in [4.69, 9.17) is 0 Å². The first-order valence-corrected chi connectivity index (χ1v) is 6.41. The predicted octanol–water partition coefficient (Wildman–Crippen LogP) is 3.08. The van der Waals surface area contributed by atoms with Gasteiger partial charge in [-0.2, -0.15) is 0 Å². The van der Waals surface area contributed by atoms with Gasteiger partial charge < -0.3 is 5.32 Å². The minimum absolute atomic E-state index is 0.190. The first kappa shape index (κ1) is 12.7. The molecule has 3 aromatic rings. The van der Waals surface area contributed by atoms with Crippen molar-refractivity contribution in [3.8, 4) is 0 Å². The molecule has 1 N–H and O–H groups in total. The highest BCUT2D eigenvalue weighted by Crippen LogP contribution is 2.26.